The van der Waals surface area contributed by atoms with Crippen LogP contribution in [0.3, 0.4) is 0 Å². The predicted molar refractivity (Wildman–Crippen MR) is 79.4 cm³/mol. The van der Waals surface area contributed by atoms with Crippen molar-refractivity contribution in [3.05, 3.63) is 0 Å². The van der Waals surface area contributed by atoms with Crippen LogP contribution in [-0.2, 0) is 23.9 Å². The molecule has 1 saturated carbocycles. The summed E-state index contributed by atoms with van der Waals surface area (Å²) in [5, 5.41) is 8.75. The van der Waals surface area contributed by atoms with E-state index in [1.807, 2.05) is 0 Å². The molecule has 0 saturated heterocycles. The molecule has 1 aliphatic rings. The SMILES string of the molecule is COC(CC1CCCC1)C(=O)OCCC(CC(=O)O)C(C)=O. The van der Waals surface area contributed by atoms with Crippen LogP contribution < -0.4 is 0 Å². The van der Waals surface area contributed by atoms with Gasteiger partial charge in [-0.05, 0) is 25.7 Å². The van der Waals surface area contributed by atoms with Crippen molar-refractivity contribution in [1.82, 2.24) is 0 Å². The van der Waals surface area contributed by atoms with Gasteiger partial charge >= 0.3 is 11.9 Å². The summed E-state index contributed by atoms with van der Waals surface area (Å²) < 4.78 is 10.4. The van der Waals surface area contributed by atoms with Crippen molar-refractivity contribution in [1.29, 1.82) is 0 Å². The van der Waals surface area contributed by atoms with Gasteiger partial charge in [0.15, 0.2) is 6.10 Å². The molecular formula is C16H26O6. The van der Waals surface area contributed by atoms with Crippen LogP contribution in [0.2, 0.25) is 0 Å². The maximum atomic E-state index is 12.0. The van der Waals surface area contributed by atoms with E-state index in [0.29, 0.717) is 12.3 Å². The van der Waals surface area contributed by atoms with Crippen LogP contribution in [-0.4, -0.2) is 42.6 Å². The van der Waals surface area contributed by atoms with E-state index in [2.05, 4.69) is 0 Å². The summed E-state index contributed by atoms with van der Waals surface area (Å²) >= 11 is 0. The van der Waals surface area contributed by atoms with Gasteiger partial charge in [0.05, 0.1) is 13.0 Å². The van der Waals surface area contributed by atoms with Crippen LogP contribution >= 0.6 is 0 Å². The minimum Gasteiger partial charge on any atom is -0.481 e. The number of carboxylic acid groups (broad SMARTS) is 1. The molecule has 0 spiro atoms. The molecule has 0 bridgehead atoms. The average Bonchev–Trinajstić information content (AvgIpc) is 2.95. The van der Waals surface area contributed by atoms with Gasteiger partial charge in [0.1, 0.15) is 5.78 Å². The first-order valence-corrected chi connectivity index (χ1v) is 7.85. The highest BCUT2D eigenvalue weighted by atomic mass is 16.6. The first-order chi connectivity index (χ1) is 10.4. The van der Waals surface area contributed by atoms with E-state index in [4.69, 9.17) is 14.6 Å². The second-order valence-electron chi connectivity index (χ2n) is 5.97. The number of methoxy groups -OCH3 is 1. The molecule has 0 aliphatic heterocycles. The molecule has 6 heteroatoms. The van der Waals surface area contributed by atoms with E-state index < -0.39 is 24.0 Å². The van der Waals surface area contributed by atoms with Crippen LogP contribution in [0.4, 0.5) is 0 Å². The lowest BCUT2D eigenvalue weighted by molar-refractivity contribution is -0.157. The molecule has 126 valence electrons. The second-order valence-corrected chi connectivity index (χ2v) is 5.97. The molecule has 1 fully saturated rings. The number of esters is 1. The summed E-state index contributed by atoms with van der Waals surface area (Å²) in [7, 11) is 1.49. The number of ketones is 1. The molecule has 0 heterocycles. The smallest absolute Gasteiger partial charge is 0.335 e. The molecule has 2 atom stereocenters. The van der Waals surface area contributed by atoms with Gasteiger partial charge in [0.2, 0.25) is 0 Å². The Morgan fingerprint density at radius 3 is 2.36 bits per heavy atom. The largest absolute Gasteiger partial charge is 0.481 e. The highest BCUT2D eigenvalue weighted by molar-refractivity contribution is 5.83. The van der Waals surface area contributed by atoms with E-state index in [1.54, 1.807) is 0 Å². The third-order valence-electron chi connectivity index (χ3n) is 4.28. The van der Waals surface area contributed by atoms with Gasteiger partial charge in [-0.3, -0.25) is 9.59 Å². The molecule has 6 nitrogen and oxygen atoms in total. The summed E-state index contributed by atoms with van der Waals surface area (Å²) in [5.74, 6) is -1.75. The van der Waals surface area contributed by atoms with Crippen LogP contribution in [0, 0.1) is 11.8 Å². The third-order valence-corrected chi connectivity index (χ3v) is 4.28. The Labute approximate surface area is 131 Å². The standard InChI is InChI=1S/C16H26O6/c1-11(17)13(10-15(18)19)7-8-22-16(20)14(21-2)9-12-5-3-4-6-12/h12-14H,3-10H2,1-2H3,(H,18,19). The number of ether oxygens (including phenoxy) is 2. The van der Waals surface area contributed by atoms with Crippen molar-refractivity contribution in [3.63, 3.8) is 0 Å². The molecule has 0 amide bonds. The molecule has 1 N–H and O–H groups in total. The Balaban J connectivity index is 2.35. The summed E-state index contributed by atoms with van der Waals surface area (Å²) in [5.41, 5.74) is 0. The maximum Gasteiger partial charge on any atom is 0.335 e. The zero-order valence-corrected chi connectivity index (χ0v) is 13.4. The lowest BCUT2D eigenvalue weighted by Gasteiger charge is -2.18. The van der Waals surface area contributed by atoms with Crippen molar-refractivity contribution in [2.45, 2.75) is 58.0 Å². The first kappa shape index (κ1) is 18.6. The van der Waals surface area contributed by atoms with Crippen LogP contribution in [0.15, 0.2) is 0 Å². The highest BCUT2D eigenvalue weighted by Crippen LogP contribution is 2.29. The van der Waals surface area contributed by atoms with Crippen LogP contribution in [0.5, 0.6) is 0 Å². The summed E-state index contributed by atoms with van der Waals surface area (Å²) in [6, 6.07) is 0. The van der Waals surface area contributed by atoms with Gasteiger partial charge in [0.25, 0.3) is 0 Å². The molecular weight excluding hydrogens is 288 g/mol. The number of hydrogen-bond acceptors (Lipinski definition) is 5. The quantitative estimate of drug-likeness (QED) is 0.622. The fourth-order valence-electron chi connectivity index (χ4n) is 2.89. The number of hydrogen-bond donors (Lipinski definition) is 1. The van der Waals surface area contributed by atoms with Crippen molar-refractivity contribution >= 4 is 17.7 Å². The molecule has 0 aromatic carbocycles. The zero-order chi connectivity index (χ0) is 16.5. The van der Waals surface area contributed by atoms with E-state index in [1.165, 1.54) is 26.9 Å². The van der Waals surface area contributed by atoms with E-state index >= 15 is 0 Å². The van der Waals surface area contributed by atoms with Crippen molar-refractivity contribution in [2.24, 2.45) is 11.8 Å². The number of Topliss-reactive ketones (excluding diaryl/α,β-unsaturated/α-hetero) is 1. The lowest BCUT2D eigenvalue weighted by atomic mass is 9.98. The number of carbonyl (C=O) groups is 3. The third kappa shape index (κ3) is 6.56. The summed E-state index contributed by atoms with van der Waals surface area (Å²) in [6.07, 6.45) is 4.74. The topological polar surface area (TPSA) is 89.9 Å². The highest BCUT2D eigenvalue weighted by Gasteiger charge is 2.26. The number of aliphatic carboxylic acids is 1. The monoisotopic (exact) mass is 314 g/mol. The number of rotatable bonds is 10. The van der Waals surface area contributed by atoms with E-state index in [-0.39, 0.29) is 25.2 Å². The Morgan fingerprint density at radius 1 is 1.23 bits per heavy atom. The second kappa shape index (κ2) is 9.56. The minimum absolute atomic E-state index is 0.0425. The van der Waals surface area contributed by atoms with E-state index in [0.717, 1.165) is 12.8 Å². The predicted octanol–water partition coefficient (Wildman–Crippen LogP) is 2.19. The summed E-state index contributed by atoms with van der Waals surface area (Å²) in [6.45, 7) is 1.40. The average molecular weight is 314 g/mol. The van der Waals surface area contributed by atoms with Gasteiger partial charge in [0, 0.05) is 13.0 Å². The number of carbonyl (C=O) groups excluding carboxylic acids is 2. The molecule has 2 unspecified atom stereocenters. The maximum absolute atomic E-state index is 12.0. The first-order valence-electron chi connectivity index (χ1n) is 7.85. The molecule has 0 aromatic rings. The minimum atomic E-state index is -1.03. The Kier molecular flexibility index (Phi) is 8.09. The van der Waals surface area contributed by atoms with Crippen molar-refractivity contribution < 1.29 is 29.0 Å². The van der Waals surface area contributed by atoms with Crippen molar-refractivity contribution in [2.75, 3.05) is 13.7 Å². The fourth-order valence-corrected chi connectivity index (χ4v) is 2.89. The zero-order valence-electron chi connectivity index (χ0n) is 13.4. The Bertz CT molecular complexity index is 386. The van der Waals surface area contributed by atoms with Gasteiger partial charge in [-0.25, -0.2) is 4.79 Å². The Morgan fingerprint density at radius 2 is 1.86 bits per heavy atom. The fraction of sp³-hybridized carbons (Fsp3) is 0.812. The van der Waals surface area contributed by atoms with Crippen LogP contribution in [0.1, 0.15) is 51.9 Å². The summed E-state index contributed by atoms with van der Waals surface area (Å²) in [4.78, 5) is 34.0. The van der Waals surface area contributed by atoms with Crippen molar-refractivity contribution in [3.8, 4) is 0 Å². The molecule has 1 rings (SSSR count). The lowest BCUT2D eigenvalue weighted by Crippen LogP contribution is -2.28. The Hall–Kier alpha value is -1.43. The normalized spacial score (nSPS) is 17.9. The van der Waals surface area contributed by atoms with Crippen LogP contribution in [0.25, 0.3) is 0 Å². The number of carboxylic acids is 1. The van der Waals surface area contributed by atoms with Gasteiger partial charge in [-0.1, -0.05) is 25.7 Å². The van der Waals surface area contributed by atoms with Gasteiger partial charge in [-0.2, -0.15) is 0 Å². The molecule has 1 aliphatic carbocycles. The van der Waals surface area contributed by atoms with E-state index in [9.17, 15) is 14.4 Å². The molecule has 22 heavy (non-hydrogen) atoms. The van der Waals surface area contributed by atoms with Gasteiger partial charge < -0.3 is 14.6 Å². The van der Waals surface area contributed by atoms with Gasteiger partial charge in [-0.15, -0.1) is 0 Å². The molecule has 0 aromatic heterocycles. The molecule has 0 radical (unpaired) electrons.